The number of thiophene rings is 1. The number of ketones is 1. The van der Waals surface area contributed by atoms with Crippen LogP contribution in [0.4, 0.5) is 11.5 Å². The van der Waals surface area contributed by atoms with Gasteiger partial charge in [0, 0.05) is 24.0 Å². The molecule has 3 aromatic rings. The molecule has 37 heavy (non-hydrogen) atoms. The van der Waals surface area contributed by atoms with Crippen LogP contribution in [-0.4, -0.2) is 50.2 Å². The van der Waals surface area contributed by atoms with Crippen LogP contribution < -0.4 is 10.6 Å². The predicted octanol–water partition coefficient (Wildman–Crippen LogP) is 2.88. The number of anilines is 2. The largest absolute Gasteiger partial charge is 0.391 e. The van der Waals surface area contributed by atoms with Crippen molar-refractivity contribution in [1.82, 2.24) is 14.7 Å². The fourth-order valence-electron chi connectivity index (χ4n) is 5.04. The summed E-state index contributed by atoms with van der Waals surface area (Å²) in [5.74, 6) is -0.00131. The van der Waals surface area contributed by atoms with E-state index in [1.807, 2.05) is 10.7 Å². The Labute approximate surface area is 217 Å². The van der Waals surface area contributed by atoms with E-state index in [2.05, 4.69) is 33.8 Å². The van der Waals surface area contributed by atoms with Crippen LogP contribution in [0.25, 0.3) is 5.57 Å². The van der Waals surface area contributed by atoms with E-state index in [1.165, 1.54) is 11.3 Å². The molecule has 2 aliphatic carbocycles. The van der Waals surface area contributed by atoms with Gasteiger partial charge in [0.15, 0.2) is 11.4 Å². The first-order valence-corrected chi connectivity index (χ1v) is 13.0. The molecule has 1 aliphatic heterocycles. The van der Waals surface area contributed by atoms with Crippen LogP contribution >= 0.6 is 11.3 Å². The van der Waals surface area contributed by atoms with Crippen LogP contribution in [0.5, 0.6) is 0 Å². The maximum Gasteiger partial charge on any atom is 0.344 e. The highest BCUT2D eigenvalue weighted by molar-refractivity contribution is 7.14. The Balaban J connectivity index is 1.23. The van der Waals surface area contributed by atoms with Gasteiger partial charge in [-0.05, 0) is 49.7 Å². The number of likely N-dealkylation sites (N-methyl/N-ethyl adjacent to an activating group) is 1. The summed E-state index contributed by atoms with van der Waals surface area (Å²) in [7, 11) is 2.06. The van der Waals surface area contributed by atoms with E-state index in [0.717, 1.165) is 42.2 Å². The molecule has 1 atom stereocenters. The van der Waals surface area contributed by atoms with E-state index in [-0.39, 0.29) is 18.3 Å². The van der Waals surface area contributed by atoms with Crippen molar-refractivity contribution in [3.05, 3.63) is 80.3 Å². The molecular weight excluding hydrogens is 490 g/mol. The first-order valence-electron chi connectivity index (χ1n) is 12.2. The fraction of sp³-hybridized carbons (Fsp3) is 0.296. The van der Waals surface area contributed by atoms with Crippen LogP contribution in [0, 0.1) is 6.08 Å². The zero-order valence-electron chi connectivity index (χ0n) is 20.2. The number of amides is 1. The molecule has 10 heteroatoms. The van der Waals surface area contributed by atoms with Crippen LogP contribution in [0.15, 0.2) is 42.1 Å². The summed E-state index contributed by atoms with van der Waals surface area (Å²) >= 11 is 1.38. The van der Waals surface area contributed by atoms with Gasteiger partial charge in [-0.25, -0.2) is 0 Å². The average molecular weight is 517 g/mol. The Hall–Kier alpha value is -3.66. The lowest BCUT2D eigenvalue weighted by atomic mass is 9.99. The number of aromatic nitrogens is 2. The number of carbonyl (C=O) groups is 2. The highest BCUT2D eigenvalue weighted by Crippen LogP contribution is 2.38. The van der Waals surface area contributed by atoms with Crippen molar-refractivity contribution in [2.75, 3.05) is 24.2 Å². The van der Waals surface area contributed by atoms with Crippen molar-refractivity contribution < 1.29 is 19.8 Å². The predicted molar refractivity (Wildman–Crippen MR) is 140 cm³/mol. The third-order valence-electron chi connectivity index (χ3n) is 6.97. The molecule has 0 radical (unpaired) electrons. The SMILES string of the molecule is CN1CCn2nc(NC3=CC(c4cccc(NC(=O)c5cc6c(s5)CCC6O)c4CO)=[C+]C3=O)cc2C1. The van der Waals surface area contributed by atoms with Crippen molar-refractivity contribution >= 4 is 40.1 Å². The van der Waals surface area contributed by atoms with Crippen molar-refractivity contribution in [3.8, 4) is 0 Å². The molecule has 2 aromatic heterocycles. The Morgan fingerprint density at radius 1 is 1.30 bits per heavy atom. The number of allylic oxidation sites excluding steroid dienone is 3. The normalized spacial score (nSPS) is 18.7. The molecule has 4 N–H and O–H groups in total. The maximum absolute atomic E-state index is 13.0. The van der Waals surface area contributed by atoms with E-state index in [1.54, 1.807) is 30.3 Å². The third-order valence-corrected chi connectivity index (χ3v) is 8.18. The monoisotopic (exact) mass is 516 g/mol. The number of aliphatic hydroxyl groups is 2. The number of hydrogen-bond acceptors (Lipinski definition) is 8. The van der Waals surface area contributed by atoms with Gasteiger partial charge in [-0.2, -0.15) is 5.10 Å². The smallest absolute Gasteiger partial charge is 0.344 e. The molecule has 0 bridgehead atoms. The molecule has 1 amide bonds. The van der Waals surface area contributed by atoms with Gasteiger partial charge in [0.25, 0.3) is 5.91 Å². The Morgan fingerprint density at radius 3 is 2.97 bits per heavy atom. The molecule has 188 valence electrons. The van der Waals surface area contributed by atoms with E-state index in [0.29, 0.717) is 45.2 Å². The van der Waals surface area contributed by atoms with Crippen molar-refractivity contribution in [2.45, 2.75) is 38.6 Å². The lowest BCUT2D eigenvalue weighted by Crippen LogP contribution is -2.30. The van der Waals surface area contributed by atoms with E-state index in [9.17, 15) is 19.8 Å². The molecular formula is C27H26N5O4S+. The van der Waals surface area contributed by atoms with Crippen molar-refractivity contribution in [3.63, 3.8) is 0 Å². The van der Waals surface area contributed by atoms with Crippen LogP contribution in [0.2, 0.25) is 0 Å². The summed E-state index contributed by atoms with van der Waals surface area (Å²) < 4.78 is 1.94. The molecule has 9 nitrogen and oxygen atoms in total. The number of aryl methyl sites for hydroxylation is 1. The number of aliphatic hydroxyl groups excluding tert-OH is 2. The number of rotatable bonds is 6. The van der Waals surface area contributed by atoms with Gasteiger partial charge in [0.05, 0.1) is 52.7 Å². The second kappa shape index (κ2) is 9.33. The van der Waals surface area contributed by atoms with Crippen LogP contribution in [0.1, 0.15) is 49.5 Å². The van der Waals surface area contributed by atoms with Gasteiger partial charge in [-0.15, -0.1) is 11.3 Å². The molecule has 3 heterocycles. The Morgan fingerprint density at radius 2 is 2.16 bits per heavy atom. The topological polar surface area (TPSA) is 120 Å². The molecule has 0 saturated heterocycles. The zero-order chi connectivity index (χ0) is 25.7. The molecule has 1 aromatic carbocycles. The van der Waals surface area contributed by atoms with Crippen LogP contribution in [0.3, 0.4) is 0 Å². The third kappa shape index (κ3) is 4.39. The summed E-state index contributed by atoms with van der Waals surface area (Å²) in [4.78, 5) is 29.5. The Bertz CT molecular complexity index is 1480. The average Bonchev–Trinajstić information content (AvgIpc) is 3.64. The summed E-state index contributed by atoms with van der Waals surface area (Å²) in [6, 6.07) is 8.96. The highest BCUT2D eigenvalue weighted by atomic mass is 32.1. The summed E-state index contributed by atoms with van der Waals surface area (Å²) in [5, 5.41) is 30.8. The zero-order valence-corrected chi connectivity index (χ0v) is 21.1. The lowest BCUT2D eigenvalue weighted by Gasteiger charge is -2.22. The summed E-state index contributed by atoms with van der Waals surface area (Å²) in [6.07, 6.45) is 5.49. The summed E-state index contributed by atoms with van der Waals surface area (Å²) in [6.45, 7) is 2.18. The molecule has 0 spiro atoms. The van der Waals surface area contributed by atoms with Crippen molar-refractivity contribution in [1.29, 1.82) is 0 Å². The van der Waals surface area contributed by atoms with E-state index in [4.69, 9.17) is 0 Å². The molecule has 1 unspecified atom stereocenters. The van der Waals surface area contributed by atoms with Gasteiger partial charge in [0.2, 0.25) is 5.70 Å². The maximum atomic E-state index is 13.0. The fourth-order valence-corrected chi connectivity index (χ4v) is 6.16. The molecule has 6 rings (SSSR count). The van der Waals surface area contributed by atoms with Crippen molar-refractivity contribution in [2.24, 2.45) is 0 Å². The first-order chi connectivity index (χ1) is 17.9. The minimum absolute atomic E-state index is 0.300. The number of nitrogens with zero attached hydrogens (tertiary/aromatic N) is 3. The van der Waals surface area contributed by atoms with E-state index >= 15 is 0 Å². The van der Waals surface area contributed by atoms with Gasteiger partial charge in [0.1, 0.15) is 6.08 Å². The number of Topliss-reactive ketones (excluding diaryl/α,β-unsaturated/α-hetero) is 1. The summed E-state index contributed by atoms with van der Waals surface area (Å²) in [5.41, 5.74) is 4.34. The number of benzene rings is 1. The van der Waals surface area contributed by atoms with Gasteiger partial charge >= 0.3 is 5.78 Å². The minimum atomic E-state index is -0.518. The standard InChI is InChI=1S/C27H25N5O4S/c1-31-7-8-32-16(13-31)11-26(30-32)28-21-9-15(10-23(21)35)17-3-2-4-20(19(17)14-33)29-27(36)25-12-18-22(34)5-6-24(18)37-25/h2-4,9,11-12,22,33-34H,5-8,13-14H2,1H3,(H-,28,29,30,35,36)/p+1. The number of carbonyl (C=O) groups excluding carboxylic acids is 2. The second-order valence-electron chi connectivity index (χ2n) is 9.52. The minimum Gasteiger partial charge on any atom is -0.391 e. The molecule has 0 fully saturated rings. The van der Waals surface area contributed by atoms with Gasteiger partial charge in [-0.3, -0.25) is 24.5 Å². The van der Waals surface area contributed by atoms with Crippen LogP contribution in [-0.2, 0) is 30.9 Å². The quantitative estimate of drug-likeness (QED) is 0.372. The van der Waals surface area contributed by atoms with Gasteiger partial charge < -0.3 is 15.5 Å². The Kier molecular flexibility index (Phi) is 5.98. The molecule has 3 aliphatic rings. The number of hydrogen-bond donors (Lipinski definition) is 4. The van der Waals surface area contributed by atoms with Gasteiger partial charge in [-0.1, -0.05) is 0 Å². The highest BCUT2D eigenvalue weighted by Gasteiger charge is 2.32. The molecule has 0 saturated carbocycles. The number of nitrogens with one attached hydrogen (secondary N) is 2. The van der Waals surface area contributed by atoms with E-state index < -0.39 is 6.10 Å². The second-order valence-corrected chi connectivity index (χ2v) is 10.7. The number of fused-ring (bicyclic) bond motifs is 2. The lowest BCUT2D eigenvalue weighted by molar-refractivity contribution is -0.111. The first kappa shape index (κ1) is 23.7.